The van der Waals surface area contributed by atoms with Gasteiger partial charge in [-0.05, 0) is 29.8 Å². The predicted molar refractivity (Wildman–Crippen MR) is 69.9 cm³/mol. The fraction of sp³-hybridized carbons (Fsp3) is 0.0714. The number of aromatic carboxylic acids is 1. The molecule has 0 aliphatic carbocycles. The van der Waals surface area contributed by atoms with Gasteiger partial charge in [-0.1, -0.05) is 12.1 Å². The summed E-state index contributed by atoms with van der Waals surface area (Å²) in [4.78, 5) is 26.4. The Hall–Kier alpha value is -2.76. The van der Waals surface area contributed by atoms with Crippen LogP contribution in [0.2, 0.25) is 0 Å². The van der Waals surface area contributed by atoms with Crippen LogP contribution in [0.5, 0.6) is 0 Å². The van der Waals surface area contributed by atoms with Gasteiger partial charge in [0.15, 0.2) is 5.69 Å². The van der Waals surface area contributed by atoms with Crippen molar-refractivity contribution in [3.8, 4) is 0 Å². The van der Waals surface area contributed by atoms with E-state index in [-0.39, 0.29) is 17.8 Å². The first-order chi connectivity index (χ1) is 9.56. The standard InChI is InChI=1S/C14H11FN2O3/c15-10-4-1-3-9(7-10)8-12(18)17-11-5-2-6-16-13(11)14(19)20/h1-7H,8H2,(H,17,18)(H,19,20). The molecule has 0 spiro atoms. The molecule has 0 atom stereocenters. The zero-order chi connectivity index (χ0) is 14.5. The number of carbonyl (C=O) groups is 2. The zero-order valence-corrected chi connectivity index (χ0v) is 10.3. The van der Waals surface area contributed by atoms with Gasteiger partial charge in [0.05, 0.1) is 12.1 Å². The Morgan fingerprint density at radius 3 is 2.75 bits per heavy atom. The van der Waals surface area contributed by atoms with Gasteiger partial charge in [-0.25, -0.2) is 14.2 Å². The average molecular weight is 274 g/mol. The molecule has 0 saturated heterocycles. The molecule has 102 valence electrons. The number of nitrogens with zero attached hydrogens (tertiary/aromatic N) is 1. The number of nitrogens with one attached hydrogen (secondary N) is 1. The summed E-state index contributed by atoms with van der Waals surface area (Å²) in [5, 5.41) is 11.4. The molecule has 1 heterocycles. The van der Waals surface area contributed by atoms with Crippen LogP contribution < -0.4 is 5.32 Å². The summed E-state index contributed by atoms with van der Waals surface area (Å²) in [6, 6.07) is 8.62. The molecule has 0 radical (unpaired) electrons. The Kier molecular flexibility index (Phi) is 4.05. The number of halogens is 1. The molecular weight excluding hydrogens is 263 g/mol. The number of hydrogen-bond donors (Lipinski definition) is 2. The Labute approximate surface area is 114 Å². The first kappa shape index (κ1) is 13.7. The van der Waals surface area contributed by atoms with Gasteiger partial charge in [-0.2, -0.15) is 0 Å². The summed E-state index contributed by atoms with van der Waals surface area (Å²) in [5.74, 6) is -2.10. The van der Waals surface area contributed by atoms with E-state index < -0.39 is 17.7 Å². The number of aromatic nitrogens is 1. The third kappa shape index (κ3) is 3.38. The minimum Gasteiger partial charge on any atom is -0.476 e. The fourth-order valence-electron chi connectivity index (χ4n) is 1.70. The Morgan fingerprint density at radius 2 is 2.05 bits per heavy atom. The highest BCUT2D eigenvalue weighted by molar-refractivity contribution is 5.99. The maximum atomic E-state index is 13.0. The van der Waals surface area contributed by atoms with E-state index >= 15 is 0 Å². The van der Waals surface area contributed by atoms with Crippen LogP contribution in [-0.4, -0.2) is 22.0 Å². The second-order valence-electron chi connectivity index (χ2n) is 4.06. The lowest BCUT2D eigenvalue weighted by molar-refractivity contribution is -0.115. The molecule has 1 aromatic carbocycles. The maximum Gasteiger partial charge on any atom is 0.356 e. The number of carbonyl (C=O) groups excluding carboxylic acids is 1. The van der Waals surface area contributed by atoms with Gasteiger partial charge in [0, 0.05) is 6.20 Å². The third-order valence-corrected chi connectivity index (χ3v) is 2.54. The van der Waals surface area contributed by atoms with Crippen LogP contribution >= 0.6 is 0 Å². The van der Waals surface area contributed by atoms with Crippen molar-refractivity contribution in [3.05, 3.63) is 59.7 Å². The largest absolute Gasteiger partial charge is 0.476 e. The summed E-state index contributed by atoms with van der Waals surface area (Å²) >= 11 is 0. The summed E-state index contributed by atoms with van der Waals surface area (Å²) in [6.07, 6.45) is 1.28. The van der Waals surface area contributed by atoms with Crippen LogP contribution in [0.1, 0.15) is 16.1 Å². The molecule has 5 nitrogen and oxygen atoms in total. The van der Waals surface area contributed by atoms with Gasteiger partial charge < -0.3 is 10.4 Å². The quantitative estimate of drug-likeness (QED) is 0.894. The van der Waals surface area contributed by atoms with Gasteiger partial charge in [-0.3, -0.25) is 4.79 Å². The lowest BCUT2D eigenvalue weighted by atomic mass is 10.1. The van der Waals surface area contributed by atoms with Crippen molar-refractivity contribution in [2.45, 2.75) is 6.42 Å². The van der Waals surface area contributed by atoms with Crippen molar-refractivity contribution in [1.82, 2.24) is 4.98 Å². The molecule has 1 aromatic heterocycles. The topological polar surface area (TPSA) is 79.3 Å². The van der Waals surface area contributed by atoms with Crippen LogP contribution in [0.15, 0.2) is 42.6 Å². The predicted octanol–water partition coefficient (Wildman–Crippen LogP) is 2.10. The van der Waals surface area contributed by atoms with E-state index in [1.165, 1.54) is 36.5 Å². The second-order valence-corrected chi connectivity index (χ2v) is 4.06. The van der Waals surface area contributed by atoms with E-state index in [9.17, 15) is 14.0 Å². The molecule has 0 aliphatic rings. The van der Waals surface area contributed by atoms with E-state index in [1.807, 2.05) is 0 Å². The van der Waals surface area contributed by atoms with Crippen molar-refractivity contribution in [2.24, 2.45) is 0 Å². The van der Waals surface area contributed by atoms with Crippen molar-refractivity contribution in [3.63, 3.8) is 0 Å². The number of amides is 1. The van der Waals surface area contributed by atoms with Gasteiger partial charge in [-0.15, -0.1) is 0 Å². The highest BCUT2D eigenvalue weighted by atomic mass is 19.1. The van der Waals surface area contributed by atoms with Crippen molar-refractivity contribution in [1.29, 1.82) is 0 Å². The second kappa shape index (κ2) is 5.92. The highest BCUT2D eigenvalue weighted by Crippen LogP contribution is 2.13. The average Bonchev–Trinajstić information content (AvgIpc) is 2.38. The number of carboxylic acid groups (broad SMARTS) is 1. The molecular formula is C14H11FN2O3. The van der Waals surface area contributed by atoms with Gasteiger partial charge in [0.1, 0.15) is 5.82 Å². The summed E-state index contributed by atoms with van der Waals surface area (Å²) < 4.78 is 13.0. The Balaban J connectivity index is 2.11. The third-order valence-electron chi connectivity index (χ3n) is 2.54. The van der Waals surface area contributed by atoms with E-state index in [0.29, 0.717) is 5.56 Å². The molecule has 2 aromatic rings. The van der Waals surface area contributed by atoms with Crippen LogP contribution in [0, 0.1) is 5.82 Å². The number of benzene rings is 1. The number of anilines is 1. The van der Waals surface area contributed by atoms with E-state index in [0.717, 1.165) is 0 Å². The lowest BCUT2D eigenvalue weighted by Crippen LogP contribution is -2.17. The first-order valence-corrected chi connectivity index (χ1v) is 5.79. The van der Waals surface area contributed by atoms with Gasteiger partial charge in [0.25, 0.3) is 0 Å². The minimum absolute atomic E-state index is 0.0499. The van der Waals surface area contributed by atoms with E-state index in [4.69, 9.17) is 5.11 Å². The molecule has 2 N–H and O–H groups in total. The summed E-state index contributed by atoms with van der Waals surface area (Å²) in [5.41, 5.74) is 0.379. The molecule has 6 heteroatoms. The fourth-order valence-corrected chi connectivity index (χ4v) is 1.70. The molecule has 20 heavy (non-hydrogen) atoms. The highest BCUT2D eigenvalue weighted by Gasteiger charge is 2.13. The Morgan fingerprint density at radius 1 is 1.25 bits per heavy atom. The van der Waals surface area contributed by atoms with Crippen LogP contribution in [-0.2, 0) is 11.2 Å². The first-order valence-electron chi connectivity index (χ1n) is 5.79. The minimum atomic E-state index is -1.23. The van der Waals surface area contributed by atoms with Crippen molar-refractivity contribution >= 4 is 17.6 Å². The Bertz CT molecular complexity index is 658. The lowest BCUT2D eigenvalue weighted by Gasteiger charge is -2.07. The molecule has 0 saturated carbocycles. The van der Waals surface area contributed by atoms with Gasteiger partial charge >= 0.3 is 5.97 Å². The zero-order valence-electron chi connectivity index (χ0n) is 10.3. The van der Waals surface area contributed by atoms with Gasteiger partial charge in [0.2, 0.25) is 5.91 Å². The number of hydrogen-bond acceptors (Lipinski definition) is 3. The molecule has 0 unspecified atom stereocenters. The molecule has 0 fully saturated rings. The van der Waals surface area contributed by atoms with E-state index in [1.54, 1.807) is 6.07 Å². The monoisotopic (exact) mass is 274 g/mol. The van der Waals surface area contributed by atoms with Crippen molar-refractivity contribution < 1.29 is 19.1 Å². The number of pyridine rings is 1. The number of rotatable bonds is 4. The molecule has 1 amide bonds. The molecule has 0 bridgehead atoms. The van der Waals surface area contributed by atoms with Crippen LogP contribution in [0.3, 0.4) is 0 Å². The van der Waals surface area contributed by atoms with E-state index in [2.05, 4.69) is 10.3 Å². The van der Waals surface area contributed by atoms with Crippen LogP contribution in [0.4, 0.5) is 10.1 Å². The summed E-state index contributed by atoms with van der Waals surface area (Å²) in [7, 11) is 0. The SMILES string of the molecule is O=C(Cc1cccc(F)c1)Nc1cccnc1C(=O)O. The maximum absolute atomic E-state index is 13.0. The number of carboxylic acids is 1. The van der Waals surface area contributed by atoms with Crippen molar-refractivity contribution in [2.75, 3.05) is 5.32 Å². The normalized spacial score (nSPS) is 10.1. The summed E-state index contributed by atoms with van der Waals surface area (Å²) in [6.45, 7) is 0. The molecule has 0 aliphatic heterocycles. The smallest absolute Gasteiger partial charge is 0.356 e. The molecule has 2 rings (SSSR count). The van der Waals surface area contributed by atoms with Crippen LogP contribution in [0.25, 0.3) is 0 Å².